The van der Waals surface area contributed by atoms with Crippen LogP contribution in [0.15, 0.2) is 22.8 Å². The Labute approximate surface area is 135 Å². The summed E-state index contributed by atoms with van der Waals surface area (Å²) in [7, 11) is 0. The number of nitrogens with zero attached hydrogens (tertiary/aromatic N) is 1. The van der Waals surface area contributed by atoms with E-state index >= 15 is 0 Å². The largest absolute Gasteiger partial charge is 0.454 e. The normalized spacial score (nSPS) is 18.5. The van der Waals surface area contributed by atoms with E-state index in [4.69, 9.17) is 21.1 Å². The molecule has 2 heterocycles. The number of thioether (sulfide) groups is 2. The molecule has 110 valence electrons. The summed E-state index contributed by atoms with van der Waals surface area (Å²) in [5.41, 5.74) is 1.12. The van der Waals surface area contributed by atoms with Gasteiger partial charge in [-0.25, -0.2) is 4.99 Å². The monoisotopic (exact) mass is 341 g/mol. The van der Waals surface area contributed by atoms with Crippen LogP contribution in [0.2, 0.25) is 5.02 Å². The first-order valence-electron chi connectivity index (χ1n) is 6.42. The summed E-state index contributed by atoms with van der Waals surface area (Å²) in [6.07, 6.45) is 2.74. The second-order valence-electron chi connectivity index (χ2n) is 4.37. The van der Waals surface area contributed by atoms with Crippen LogP contribution in [0.1, 0.15) is 18.9 Å². The molecule has 0 aromatic heterocycles. The highest BCUT2D eigenvalue weighted by Crippen LogP contribution is 2.39. The summed E-state index contributed by atoms with van der Waals surface area (Å²) in [5, 5.41) is 0.455. The van der Waals surface area contributed by atoms with Crippen LogP contribution in [0.4, 0.5) is 0 Å². The van der Waals surface area contributed by atoms with E-state index in [1.54, 1.807) is 30.0 Å². The minimum Gasteiger partial charge on any atom is -0.454 e. The molecule has 0 fully saturated rings. The third-order valence-corrected chi connectivity index (χ3v) is 5.36. The van der Waals surface area contributed by atoms with Crippen LogP contribution in [0.5, 0.6) is 11.5 Å². The molecule has 2 aliphatic rings. The number of aliphatic imine (C=N–C) groups is 1. The maximum absolute atomic E-state index is 12.0. The van der Waals surface area contributed by atoms with Gasteiger partial charge in [0, 0.05) is 6.07 Å². The molecular formula is C14H12ClNO3S2. The Morgan fingerprint density at radius 1 is 1.43 bits per heavy atom. The van der Waals surface area contributed by atoms with Gasteiger partial charge < -0.3 is 9.47 Å². The van der Waals surface area contributed by atoms with Gasteiger partial charge in [0.25, 0.3) is 0 Å². The molecule has 0 saturated heterocycles. The van der Waals surface area contributed by atoms with Gasteiger partial charge in [0.2, 0.25) is 11.9 Å². The Morgan fingerprint density at radius 3 is 2.95 bits per heavy atom. The molecule has 21 heavy (non-hydrogen) atoms. The second-order valence-corrected chi connectivity index (χ2v) is 7.08. The lowest BCUT2D eigenvalue weighted by atomic mass is 10.1. The van der Waals surface area contributed by atoms with E-state index in [2.05, 4.69) is 11.9 Å². The van der Waals surface area contributed by atoms with Crippen LogP contribution in [-0.2, 0) is 4.79 Å². The van der Waals surface area contributed by atoms with E-state index in [0.29, 0.717) is 27.8 Å². The van der Waals surface area contributed by atoms with E-state index in [0.717, 1.165) is 16.5 Å². The van der Waals surface area contributed by atoms with E-state index in [9.17, 15) is 4.79 Å². The Bertz CT molecular complexity index is 658. The van der Waals surface area contributed by atoms with Crippen molar-refractivity contribution in [3.8, 4) is 11.5 Å². The Kier molecular flexibility index (Phi) is 4.47. The minimum absolute atomic E-state index is 0.0534. The lowest BCUT2D eigenvalue weighted by Crippen LogP contribution is -1.92. The molecule has 0 spiro atoms. The van der Waals surface area contributed by atoms with Crippen LogP contribution in [0.25, 0.3) is 6.08 Å². The van der Waals surface area contributed by atoms with Crippen molar-refractivity contribution in [3.63, 3.8) is 0 Å². The molecule has 3 rings (SSSR count). The summed E-state index contributed by atoms with van der Waals surface area (Å²) >= 11 is 8.97. The number of ether oxygens (including phenoxy) is 2. The number of hydrogen-bond acceptors (Lipinski definition) is 6. The number of carbonyl (C=O) groups excluding carboxylic acids is 1. The van der Waals surface area contributed by atoms with E-state index in [1.807, 2.05) is 0 Å². The SMILES string of the molecule is CCCSC1=N/C(=C/c2cc3c(cc2Cl)OCO3)C(=O)S1. The number of rotatable bonds is 3. The fourth-order valence-electron chi connectivity index (χ4n) is 1.83. The molecule has 0 unspecified atom stereocenters. The third kappa shape index (κ3) is 3.22. The minimum atomic E-state index is -0.0534. The maximum Gasteiger partial charge on any atom is 0.244 e. The molecule has 2 aliphatic heterocycles. The number of fused-ring (bicyclic) bond motifs is 1. The van der Waals surface area contributed by atoms with Crippen molar-refractivity contribution in [2.24, 2.45) is 4.99 Å². The Balaban J connectivity index is 1.88. The standard InChI is InChI=1S/C14H12ClNO3S2/c1-2-3-20-14-16-10(13(17)21-14)4-8-5-11-12(6-9(8)15)19-7-18-11/h4-6H,2-3,7H2,1H3/b10-4+. The predicted molar refractivity (Wildman–Crippen MR) is 88.3 cm³/mol. The van der Waals surface area contributed by atoms with Gasteiger partial charge in [0.05, 0.1) is 5.02 Å². The molecule has 0 aliphatic carbocycles. The van der Waals surface area contributed by atoms with Crippen molar-refractivity contribution in [2.75, 3.05) is 12.5 Å². The van der Waals surface area contributed by atoms with Crippen molar-refractivity contribution in [2.45, 2.75) is 13.3 Å². The summed E-state index contributed by atoms with van der Waals surface area (Å²) in [5.74, 6) is 2.21. The molecule has 0 atom stereocenters. The molecule has 1 aromatic carbocycles. The van der Waals surface area contributed by atoms with Crippen molar-refractivity contribution >= 4 is 50.7 Å². The zero-order chi connectivity index (χ0) is 14.8. The molecular weight excluding hydrogens is 330 g/mol. The molecule has 0 N–H and O–H groups in total. The van der Waals surface area contributed by atoms with Crippen LogP contribution in [0, 0.1) is 0 Å². The number of hydrogen-bond donors (Lipinski definition) is 0. The van der Waals surface area contributed by atoms with E-state index < -0.39 is 0 Å². The van der Waals surface area contributed by atoms with Crippen LogP contribution in [-0.4, -0.2) is 22.0 Å². The van der Waals surface area contributed by atoms with Crippen LogP contribution >= 0.6 is 35.1 Å². The molecule has 0 saturated carbocycles. The third-order valence-electron chi connectivity index (χ3n) is 2.81. The van der Waals surface area contributed by atoms with Gasteiger partial charge in [0.1, 0.15) is 10.1 Å². The summed E-state index contributed by atoms with van der Waals surface area (Å²) in [6, 6.07) is 3.46. The molecule has 0 bridgehead atoms. The zero-order valence-corrected chi connectivity index (χ0v) is 13.6. The number of halogens is 1. The summed E-state index contributed by atoms with van der Waals surface area (Å²) in [4.78, 5) is 16.3. The lowest BCUT2D eigenvalue weighted by molar-refractivity contribution is -0.107. The highest BCUT2D eigenvalue weighted by Gasteiger charge is 2.23. The molecule has 4 nitrogen and oxygen atoms in total. The summed E-state index contributed by atoms with van der Waals surface area (Å²) < 4.78 is 11.4. The highest BCUT2D eigenvalue weighted by molar-refractivity contribution is 8.45. The van der Waals surface area contributed by atoms with E-state index in [-0.39, 0.29) is 11.9 Å². The van der Waals surface area contributed by atoms with E-state index in [1.165, 1.54) is 11.8 Å². The van der Waals surface area contributed by atoms with Crippen molar-refractivity contribution < 1.29 is 14.3 Å². The molecule has 7 heteroatoms. The first-order valence-corrected chi connectivity index (χ1v) is 8.60. The summed E-state index contributed by atoms with van der Waals surface area (Å²) in [6.45, 7) is 2.29. The number of carbonyl (C=O) groups is 1. The average molecular weight is 342 g/mol. The van der Waals surface area contributed by atoms with Gasteiger partial charge in [-0.1, -0.05) is 30.3 Å². The van der Waals surface area contributed by atoms with Crippen LogP contribution in [0.3, 0.4) is 0 Å². The second kappa shape index (κ2) is 6.34. The Morgan fingerprint density at radius 2 is 2.19 bits per heavy atom. The topological polar surface area (TPSA) is 47.9 Å². The van der Waals surface area contributed by atoms with Crippen molar-refractivity contribution in [1.29, 1.82) is 0 Å². The lowest BCUT2D eigenvalue weighted by Gasteiger charge is -2.01. The predicted octanol–water partition coefficient (Wildman–Crippen LogP) is 4.18. The fraction of sp³-hybridized carbons (Fsp3) is 0.286. The van der Waals surface area contributed by atoms with Crippen LogP contribution < -0.4 is 9.47 Å². The van der Waals surface area contributed by atoms with Crippen molar-refractivity contribution in [1.82, 2.24) is 0 Å². The Hall–Kier alpha value is -1.11. The molecule has 1 aromatic rings. The average Bonchev–Trinajstić information content (AvgIpc) is 3.04. The van der Waals surface area contributed by atoms with Gasteiger partial charge in [-0.15, -0.1) is 0 Å². The maximum atomic E-state index is 12.0. The smallest absolute Gasteiger partial charge is 0.244 e. The first kappa shape index (κ1) is 14.8. The number of benzene rings is 1. The fourth-order valence-corrected chi connectivity index (χ4v) is 3.81. The van der Waals surface area contributed by atoms with Gasteiger partial charge in [-0.2, -0.15) is 0 Å². The highest BCUT2D eigenvalue weighted by atomic mass is 35.5. The molecule has 0 amide bonds. The van der Waals surface area contributed by atoms with Gasteiger partial charge in [-0.3, -0.25) is 4.79 Å². The van der Waals surface area contributed by atoms with Gasteiger partial charge in [0.15, 0.2) is 11.5 Å². The van der Waals surface area contributed by atoms with Gasteiger partial charge in [-0.05, 0) is 41.6 Å². The zero-order valence-electron chi connectivity index (χ0n) is 11.2. The molecule has 0 radical (unpaired) electrons. The van der Waals surface area contributed by atoms with Gasteiger partial charge >= 0.3 is 0 Å². The first-order chi connectivity index (χ1) is 10.2. The quantitative estimate of drug-likeness (QED) is 0.772. The van der Waals surface area contributed by atoms with Crippen molar-refractivity contribution in [3.05, 3.63) is 28.4 Å².